The van der Waals surface area contributed by atoms with Gasteiger partial charge in [0.25, 0.3) is 0 Å². The van der Waals surface area contributed by atoms with E-state index in [-0.39, 0.29) is 10.8 Å². The van der Waals surface area contributed by atoms with Crippen LogP contribution in [0.4, 0.5) is 0 Å². The summed E-state index contributed by atoms with van der Waals surface area (Å²) in [5, 5.41) is 4.82. The second-order valence-corrected chi connectivity index (χ2v) is 15.8. The summed E-state index contributed by atoms with van der Waals surface area (Å²) in [6, 6.07) is 49.6. The van der Waals surface area contributed by atoms with Crippen molar-refractivity contribution in [3.05, 3.63) is 151 Å². The van der Waals surface area contributed by atoms with Crippen molar-refractivity contribution in [3.8, 4) is 34.4 Å². The largest absolute Gasteiger partial charge is 0.309 e. The highest BCUT2D eigenvalue weighted by Gasteiger charge is 2.24. The van der Waals surface area contributed by atoms with Crippen LogP contribution in [0.25, 0.3) is 78.0 Å². The minimum Gasteiger partial charge on any atom is -0.309 e. The van der Waals surface area contributed by atoms with Crippen LogP contribution in [0.15, 0.2) is 140 Å². The number of nitrogens with zero attached hydrogens (tertiary/aromatic N) is 5. The number of para-hydroxylation sites is 3. The summed E-state index contributed by atoms with van der Waals surface area (Å²) < 4.78 is 4.57. The van der Waals surface area contributed by atoms with Gasteiger partial charge in [-0.15, -0.1) is 0 Å². The molecule has 0 radical (unpaired) electrons. The SMILES string of the molecule is CC(C)(C)c1ccc2c(c1)c1cc(C(C)(C)C)ccc1n2-c1ccccc1-c1nc(-c2ccccc2)nc(-n2c3ccccc3c3ccccc32)n1. The highest BCUT2D eigenvalue weighted by Crippen LogP contribution is 2.40. The van der Waals surface area contributed by atoms with Crippen molar-refractivity contribution in [3.63, 3.8) is 0 Å². The molecule has 0 saturated heterocycles. The zero-order chi connectivity index (χ0) is 35.8. The lowest BCUT2D eigenvalue weighted by molar-refractivity contribution is 0.590. The molecule has 9 rings (SSSR count). The second-order valence-electron chi connectivity index (χ2n) is 15.8. The van der Waals surface area contributed by atoms with Gasteiger partial charge in [-0.25, -0.2) is 4.98 Å². The lowest BCUT2D eigenvalue weighted by Crippen LogP contribution is -2.10. The Labute approximate surface area is 304 Å². The number of hydrogen-bond acceptors (Lipinski definition) is 3. The van der Waals surface area contributed by atoms with Gasteiger partial charge in [-0.3, -0.25) is 4.57 Å². The summed E-state index contributed by atoms with van der Waals surface area (Å²) in [7, 11) is 0. The van der Waals surface area contributed by atoms with E-state index in [1.54, 1.807) is 0 Å². The fourth-order valence-corrected chi connectivity index (χ4v) is 7.51. The molecule has 0 N–H and O–H groups in total. The second kappa shape index (κ2) is 11.7. The maximum absolute atomic E-state index is 5.32. The molecule has 0 saturated carbocycles. The van der Waals surface area contributed by atoms with Gasteiger partial charge < -0.3 is 4.57 Å². The Kier molecular flexibility index (Phi) is 7.20. The first-order valence-corrected chi connectivity index (χ1v) is 18.1. The predicted molar refractivity (Wildman–Crippen MR) is 217 cm³/mol. The van der Waals surface area contributed by atoms with Crippen LogP contribution in [0.3, 0.4) is 0 Å². The summed E-state index contributed by atoms with van der Waals surface area (Å²) >= 11 is 0. The van der Waals surface area contributed by atoms with E-state index in [2.05, 4.69) is 172 Å². The first-order chi connectivity index (χ1) is 25.1. The third-order valence-electron chi connectivity index (χ3n) is 10.3. The number of benzene rings is 6. The van der Waals surface area contributed by atoms with Gasteiger partial charge in [-0.05, 0) is 70.5 Å². The van der Waals surface area contributed by atoms with E-state index in [1.807, 2.05) is 18.2 Å². The molecule has 0 aliphatic rings. The zero-order valence-corrected chi connectivity index (χ0v) is 30.5. The van der Waals surface area contributed by atoms with Gasteiger partial charge in [-0.1, -0.05) is 133 Å². The molecular formula is C47H41N5. The van der Waals surface area contributed by atoms with Gasteiger partial charge >= 0.3 is 0 Å². The van der Waals surface area contributed by atoms with Crippen molar-refractivity contribution in [2.75, 3.05) is 0 Å². The molecule has 0 atom stereocenters. The van der Waals surface area contributed by atoms with Crippen molar-refractivity contribution in [2.24, 2.45) is 0 Å². The van der Waals surface area contributed by atoms with E-state index in [9.17, 15) is 0 Å². The average molecular weight is 676 g/mol. The molecule has 3 heterocycles. The summed E-state index contributed by atoms with van der Waals surface area (Å²) in [6.45, 7) is 13.7. The third-order valence-corrected chi connectivity index (χ3v) is 10.3. The first-order valence-electron chi connectivity index (χ1n) is 18.1. The van der Waals surface area contributed by atoms with Gasteiger partial charge in [0.05, 0.1) is 27.8 Å². The van der Waals surface area contributed by atoms with Crippen LogP contribution >= 0.6 is 0 Å². The quantitative estimate of drug-likeness (QED) is 0.187. The molecule has 5 nitrogen and oxygen atoms in total. The molecule has 0 amide bonds. The molecule has 3 aromatic heterocycles. The zero-order valence-electron chi connectivity index (χ0n) is 30.5. The molecule has 0 spiro atoms. The van der Waals surface area contributed by atoms with E-state index in [0.717, 1.165) is 49.7 Å². The molecular weight excluding hydrogens is 635 g/mol. The van der Waals surface area contributed by atoms with E-state index in [1.165, 1.54) is 21.9 Å². The van der Waals surface area contributed by atoms with Crippen LogP contribution in [0.1, 0.15) is 52.7 Å². The molecule has 0 aliphatic heterocycles. The Hall–Kier alpha value is -6.07. The van der Waals surface area contributed by atoms with Crippen molar-refractivity contribution in [1.82, 2.24) is 24.1 Å². The number of hydrogen-bond donors (Lipinski definition) is 0. The van der Waals surface area contributed by atoms with Gasteiger partial charge in [0.15, 0.2) is 11.6 Å². The topological polar surface area (TPSA) is 48.5 Å². The maximum atomic E-state index is 5.32. The van der Waals surface area contributed by atoms with E-state index >= 15 is 0 Å². The molecule has 254 valence electrons. The standard InChI is InChI=1S/C47H41N5/c1-46(2,3)31-24-26-41-36(28-31)37-29-32(47(4,5)6)25-27-42(37)51(41)40-23-15-12-20-35(40)44-48-43(30-16-8-7-9-17-30)49-45(50-44)52-38-21-13-10-18-33(38)34-19-11-14-22-39(34)52/h7-29H,1-6H3. The molecule has 0 aliphatic carbocycles. The lowest BCUT2D eigenvalue weighted by atomic mass is 9.85. The summed E-state index contributed by atoms with van der Waals surface area (Å²) in [5.74, 6) is 1.83. The van der Waals surface area contributed by atoms with Crippen LogP contribution in [0.2, 0.25) is 0 Å². The van der Waals surface area contributed by atoms with Gasteiger partial charge in [0, 0.05) is 32.7 Å². The summed E-state index contributed by atoms with van der Waals surface area (Å²) in [6.07, 6.45) is 0. The Morgan fingerprint density at radius 1 is 0.404 bits per heavy atom. The highest BCUT2D eigenvalue weighted by atomic mass is 15.2. The van der Waals surface area contributed by atoms with Gasteiger partial charge in [-0.2, -0.15) is 9.97 Å². The molecule has 0 bridgehead atoms. The molecule has 9 aromatic rings. The van der Waals surface area contributed by atoms with Crippen LogP contribution < -0.4 is 0 Å². The number of fused-ring (bicyclic) bond motifs is 6. The Bertz CT molecular complexity index is 2680. The molecule has 52 heavy (non-hydrogen) atoms. The summed E-state index contributed by atoms with van der Waals surface area (Å²) in [4.78, 5) is 15.7. The summed E-state index contributed by atoms with van der Waals surface area (Å²) in [5.41, 5.74) is 9.97. The first kappa shape index (κ1) is 31.9. The van der Waals surface area contributed by atoms with E-state index in [0.29, 0.717) is 17.6 Å². The maximum Gasteiger partial charge on any atom is 0.238 e. The normalized spacial score (nSPS) is 12.4. The Morgan fingerprint density at radius 2 is 0.885 bits per heavy atom. The molecule has 5 heteroatoms. The van der Waals surface area contributed by atoms with Gasteiger partial charge in [0.1, 0.15) is 0 Å². The molecule has 0 fully saturated rings. The van der Waals surface area contributed by atoms with Crippen LogP contribution in [0, 0.1) is 0 Å². The number of aromatic nitrogens is 5. The smallest absolute Gasteiger partial charge is 0.238 e. The monoisotopic (exact) mass is 675 g/mol. The highest BCUT2D eigenvalue weighted by molar-refractivity contribution is 6.11. The van der Waals surface area contributed by atoms with Crippen LogP contribution in [0.5, 0.6) is 0 Å². The number of rotatable bonds is 4. The van der Waals surface area contributed by atoms with E-state index < -0.39 is 0 Å². The van der Waals surface area contributed by atoms with Crippen molar-refractivity contribution < 1.29 is 0 Å². The molecule has 0 unspecified atom stereocenters. The van der Waals surface area contributed by atoms with Crippen molar-refractivity contribution >= 4 is 43.6 Å². The predicted octanol–water partition coefficient (Wildman–Crippen LogP) is 12.0. The fourth-order valence-electron chi connectivity index (χ4n) is 7.51. The minimum absolute atomic E-state index is 0.0179. The lowest BCUT2D eigenvalue weighted by Gasteiger charge is -2.19. The van der Waals surface area contributed by atoms with Crippen LogP contribution in [-0.4, -0.2) is 24.1 Å². The molecule has 6 aromatic carbocycles. The third kappa shape index (κ3) is 5.19. The van der Waals surface area contributed by atoms with Gasteiger partial charge in [0.2, 0.25) is 5.95 Å². The minimum atomic E-state index is 0.0179. The van der Waals surface area contributed by atoms with E-state index in [4.69, 9.17) is 15.0 Å². The average Bonchev–Trinajstić information content (AvgIpc) is 3.66. The Balaban J connectivity index is 1.34. The Morgan fingerprint density at radius 3 is 1.46 bits per heavy atom. The van der Waals surface area contributed by atoms with Crippen LogP contribution in [-0.2, 0) is 10.8 Å². The van der Waals surface area contributed by atoms with Crippen molar-refractivity contribution in [1.29, 1.82) is 0 Å². The fraction of sp³-hybridized carbons (Fsp3) is 0.170. The van der Waals surface area contributed by atoms with Crippen molar-refractivity contribution in [2.45, 2.75) is 52.4 Å².